The third-order valence-corrected chi connectivity index (χ3v) is 3.10. The summed E-state index contributed by atoms with van der Waals surface area (Å²) in [5.41, 5.74) is 0.283. The van der Waals surface area contributed by atoms with Crippen LogP contribution < -0.4 is 0 Å². The molecule has 0 aliphatic rings. The van der Waals surface area contributed by atoms with Crippen molar-refractivity contribution in [2.45, 2.75) is 6.54 Å². The van der Waals surface area contributed by atoms with Crippen LogP contribution in [0.5, 0.6) is 0 Å². The molecular weight excluding hydrogens is 340 g/mol. The van der Waals surface area contributed by atoms with Gasteiger partial charge in [0.2, 0.25) is 0 Å². The summed E-state index contributed by atoms with van der Waals surface area (Å²) in [6.07, 6.45) is 4.47. The Kier molecular flexibility index (Phi) is 5.10. The van der Waals surface area contributed by atoms with Crippen LogP contribution in [0, 0.1) is 0 Å². The van der Waals surface area contributed by atoms with Crippen LogP contribution in [0.1, 0.15) is 16.1 Å². The normalized spacial score (nSPS) is 10.2. The number of aromatic nitrogens is 1. The third-order valence-electron chi connectivity index (χ3n) is 2.67. The fraction of sp³-hybridized carbons (Fsp3) is 0.214. The van der Waals surface area contributed by atoms with Gasteiger partial charge in [0, 0.05) is 23.9 Å². The molecule has 6 nitrogen and oxygen atoms in total. The third kappa shape index (κ3) is 4.42. The lowest BCUT2D eigenvalue weighted by molar-refractivity contribution is -0.133. The quantitative estimate of drug-likeness (QED) is 0.771. The van der Waals surface area contributed by atoms with Gasteiger partial charge in [-0.3, -0.25) is 9.78 Å². The van der Waals surface area contributed by atoms with Gasteiger partial charge in [-0.15, -0.1) is 0 Å². The van der Waals surface area contributed by atoms with Gasteiger partial charge in [0.1, 0.15) is 5.76 Å². The van der Waals surface area contributed by atoms with Crippen molar-refractivity contribution >= 4 is 27.8 Å². The number of hydrogen-bond donors (Lipinski definition) is 0. The van der Waals surface area contributed by atoms with Gasteiger partial charge in [-0.25, -0.2) is 4.79 Å². The zero-order valence-corrected chi connectivity index (χ0v) is 12.9. The van der Waals surface area contributed by atoms with Crippen LogP contribution in [0.3, 0.4) is 0 Å². The molecule has 0 unspecified atom stereocenters. The highest BCUT2D eigenvalue weighted by atomic mass is 79.9. The smallest absolute Gasteiger partial charge is 0.340 e. The van der Waals surface area contributed by atoms with Gasteiger partial charge >= 0.3 is 5.97 Å². The molecular formula is C14H13BrN2O4. The van der Waals surface area contributed by atoms with E-state index in [9.17, 15) is 9.59 Å². The van der Waals surface area contributed by atoms with E-state index in [0.29, 0.717) is 16.8 Å². The molecule has 0 aliphatic heterocycles. The Hall–Kier alpha value is -2.15. The Morgan fingerprint density at radius 3 is 2.90 bits per heavy atom. The largest absolute Gasteiger partial charge is 0.467 e. The number of likely N-dealkylation sites (N-methyl/N-ethyl adjacent to an activating group) is 1. The second-order valence-electron chi connectivity index (χ2n) is 4.30. The van der Waals surface area contributed by atoms with E-state index in [1.165, 1.54) is 17.4 Å². The minimum absolute atomic E-state index is 0.283. The van der Waals surface area contributed by atoms with Gasteiger partial charge in [-0.05, 0) is 34.1 Å². The van der Waals surface area contributed by atoms with Gasteiger partial charge in [-0.1, -0.05) is 0 Å². The minimum Gasteiger partial charge on any atom is -0.467 e. The summed E-state index contributed by atoms with van der Waals surface area (Å²) >= 11 is 3.21. The predicted octanol–water partition coefficient (Wildman–Crippen LogP) is 2.25. The minimum atomic E-state index is -0.594. The topological polar surface area (TPSA) is 72.6 Å². The number of carbonyl (C=O) groups is 2. The van der Waals surface area contributed by atoms with Crippen molar-refractivity contribution in [2.24, 2.45) is 0 Å². The zero-order chi connectivity index (χ0) is 15.2. The first kappa shape index (κ1) is 15.2. The summed E-state index contributed by atoms with van der Waals surface area (Å²) < 4.78 is 10.8. The Labute approximate surface area is 129 Å². The van der Waals surface area contributed by atoms with E-state index in [1.54, 1.807) is 31.4 Å². The first-order valence-corrected chi connectivity index (χ1v) is 6.89. The number of amides is 1. The van der Waals surface area contributed by atoms with Gasteiger partial charge in [-0.2, -0.15) is 0 Å². The second-order valence-corrected chi connectivity index (χ2v) is 5.21. The average Bonchev–Trinajstić information content (AvgIpc) is 2.97. The van der Waals surface area contributed by atoms with E-state index >= 15 is 0 Å². The fourth-order valence-corrected chi connectivity index (χ4v) is 1.93. The van der Waals surface area contributed by atoms with Gasteiger partial charge in [0.15, 0.2) is 6.61 Å². The van der Waals surface area contributed by atoms with Crippen molar-refractivity contribution in [3.8, 4) is 0 Å². The first-order chi connectivity index (χ1) is 10.1. The van der Waals surface area contributed by atoms with Crippen LogP contribution in [-0.2, 0) is 16.1 Å². The molecule has 0 bridgehead atoms. The summed E-state index contributed by atoms with van der Waals surface area (Å²) in [6, 6.07) is 5.09. The van der Waals surface area contributed by atoms with Crippen molar-refractivity contribution < 1.29 is 18.7 Å². The highest BCUT2D eigenvalue weighted by Gasteiger charge is 2.15. The fourth-order valence-electron chi connectivity index (χ4n) is 1.57. The number of hydrogen-bond acceptors (Lipinski definition) is 5. The van der Waals surface area contributed by atoms with E-state index in [4.69, 9.17) is 9.15 Å². The molecule has 2 aromatic heterocycles. The molecule has 0 saturated heterocycles. The maximum Gasteiger partial charge on any atom is 0.340 e. The number of pyridine rings is 1. The van der Waals surface area contributed by atoms with Gasteiger partial charge in [0.05, 0.1) is 18.4 Å². The molecule has 0 radical (unpaired) electrons. The molecule has 21 heavy (non-hydrogen) atoms. The molecule has 110 valence electrons. The number of halogens is 1. The standard InChI is InChI=1S/C14H13BrN2O4/c1-17(8-12-3-2-4-20-12)13(18)9-21-14(19)10-5-11(15)7-16-6-10/h2-7H,8-9H2,1H3. The monoisotopic (exact) mass is 352 g/mol. The molecule has 7 heteroatoms. The molecule has 0 fully saturated rings. The summed E-state index contributed by atoms with van der Waals surface area (Å²) in [5.74, 6) is -0.250. The summed E-state index contributed by atoms with van der Waals surface area (Å²) in [7, 11) is 1.61. The lowest BCUT2D eigenvalue weighted by Gasteiger charge is -2.15. The number of furan rings is 1. The Morgan fingerprint density at radius 2 is 2.24 bits per heavy atom. The summed E-state index contributed by atoms with van der Waals surface area (Å²) in [4.78, 5) is 28.9. The Balaban J connectivity index is 1.84. The average molecular weight is 353 g/mol. The number of carbonyl (C=O) groups excluding carboxylic acids is 2. The van der Waals surface area contributed by atoms with Crippen LogP contribution >= 0.6 is 15.9 Å². The molecule has 2 heterocycles. The van der Waals surface area contributed by atoms with E-state index in [-0.39, 0.29) is 18.1 Å². The molecule has 0 N–H and O–H groups in total. The molecule has 2 aromatic rings. The van der Waals surface area contributed by atoms with Gasteiger partial charge < -0.3 is 14.1 Å². The molecule has 0 atom stereocenters. The van der Waals surface area contributed by atoms with E-state index < -0.39 is 5.97 Å². The van der Waals surface area contributed by atoms with Crippen LogP contribution in [0.15, 0.2) is 45.7 Å². The Morgan fingerprint density at radius 1 is 1.43 bits per heavy atom. The number of nitrogens with zero attached hydrogens (tertiary/aromatic N) is 2. The SMILES string of the molecule is CN(Cc1ccco1)C(=O)COC(=O)c1cncc(Br)c1. The number of esters is 1. The summed E-state index contributed by atoms with van der Waals surface area (Å²) in [6.45, 7) is -0.00954. The van der Waals surface area contributed by atoms with Crippen molar-refractivity contribution in [1.29, 1.82) is 0 Å². The van der Waals surface area contributed by atoms with Crippen molar-refractivity contribution in [2.75, 3.05) is 13.7 Å². The second kappa shape index (κ2) is 7.03. The van der Waals surface area contributed by atoms with Crippen LogP contribution in [-0.4, -0.2) is 35.4 Å². The van der Waals surface area contributed by atoms with E-state index in [0.717, 1.165) is 0 Å². The molecule has 0 aromatic carbocycles. The highest BCUT2D eigenvalue weighted by Crippen LogP contribution is 2.10. The maximum atomic E-state index is 11.9. The van der Waals surface area contributed by atoms with Crippen molar-refractivity contribution in [3.05, 3.63) is 52.7 Å². The van der Waals surface area contributed by atoms with E-state index in [1.807, 2.05) is 0 Å². The first-order valence-electron chi connectivity index (χ1n) is 6.10. The lowest BCUT2D eigenvalue weighted by atomic mass is 10.3. The predicted molar refractivity (Wildman–Crippen MR) is 77.4 cm³/mol. The highest BCUT2D eigenvalue weighted by molar-refractivity contribution is 9.10. The molecule has 0 spiro atoms. The van der Waals surface area contributed by atoms with Crippen molar-refractivity contribution in [1.82, 2.24) is 9.88 Å². The maximum absolute atomic E-state index is 11.9. The summed E-state index contributed by atoms with van der Waals surface area (Å²) in [5, 5.41) is 0. The zero-order valence-electron chi connectivity index (χ0n) is 11.3. The Bertz CT molecular complexity index is 628. The molecule has 0 aliphatic carbocycles. The number of rotatable bonds is 5. The van der Waals surface area contributed by atoms with Gasteiger partial charge in [0.25, 0.3) is 5.91 Å². The van der Waals surface area contributed by atoms with Crippen LogP contribution in [0.2, 0.25) is 0 Å². The number of ether oxygens (including phenoxy) is 1. The lowest BCUT2D eigenvalue weighted by Crippen LogP contribution is -2.30. The molecule has 0 saturated carbocycles. The van der Waals surface area contributed by atoms with Crippen LogP contribution in [0.25, 0.3) is 0 Å². The van der Waals surface area contributed by atoms with Crippen LogP contribution in [0.4, 0.5) is 0 Å². The molecule has 1 amide bonds. The molecule has 2 rings (SSSR count). The van der Waals surface area contributed by atoms with E-state index in [2.05, 4.69) is 20.9 Å². The van der Waals surface area contributed by atoms with Crippen molar-refractivity contribution in [3.63, 3.8) is 0 Å².